The number of nitrogens with zero attached hydrogens (tertiary/aromatic N) is 4. The molecule has 0 saturated heterocycles. The summed E-state index contributed by atoms with van der Waals surface area (Å²) in [4.78, 5) is 12.1. The normalized spacial score (nSPS) is 11.4. The van der Waals surface area contributed by atoms with Crippen LogP contribution in [0.25, 0.3) is 5.69 Å². The number of benzene rings is 1. The van der Waals surface area contributed by atoms with Gasteiger partial charge in [-0.3, -0.25) is 4.72 Å². The smallest absolute Gasteiger partial charge is 0.282 e. The molecule has 2 aromatic rings. The van der Waals surface area contributed by atoms with Crippen molar-refractivity contribution in [3.8, 4) is 5.69 Å². The van der Waals surface area contributed by atoms with E-state index in [2.05, 4.69) is 21.7 Å². The molecule has 2 rings (SSSR count). The van der Waals surface area contributed by atoms with Crippen molar-refractivity contribution in [3.05, 3.63) is 46.1 Å². The second kappa shape index (κ2) is 6.50. The van der Waals surface area contributed by atoms with E-state index in [-0.39, 0.29) is 28.7 Å². The molecule has 0 spiro atoms. The van der Waals surface area contributed by atoms with E-state index in [1.807, 2.05) is 0 Å². The minimum absolute atomic E-state index is 0.0601. The average molecular weight is 362 g/mol. The maximum Gasteiger partial charge on any atom is 0.368 e. The molecule has 8 nitrogen and oxygen atoms in total. The maximum atomic E-state index is 14.1. The van der Waals surface area contributed by atoms with Gasteiger partial charge < -0.3 is 0 Å². The first kappa shape index (κ1) is 17.2. The van der Waals surface area contributed by atoms with E-state index < -0.39 is 21.5 Å². The van der Waals surface area contributed by atoms with Crippen LogP contribution < -0.4 is 10.4 Å². The third-order valence-electron chi connectivity index (χ3n) is 2.85. The minimum Gasteiger partial charge on any atom is -0.282 e. The van der Waals surface area contributed by atoms with Crippen LogP contribution in [0.2, 0.25) is 5.02 Å². The van der Waals surface area contributed by atoms with Crippen molar-refractivity contribution >= 4 is 27.3 Å². The van der Waals surface area contributed by atoms with Crippen LogP contribution in [0.4, 0.5) is 10.1 Å². The van der Waals surface area contributed by atoms with Crippen LogP contribution in [0, 0.1) is 5.82 Å². The number of sulfonamides is 1. The molecule has 0 amide bonds. The Morgan fingerprint density at radius 2 is 2.13 bits per heavy atom. The van der Waals surface area contributed by atoms with Gasteiger partial charge in [0.05, 0.1) is 23.0 Å². The molecule has 124 valence electrons. The summed E-state index contributed by atoms with van der Waals surface area (Å²) < 4.78 is 41.2. The second-order valence-corrected chi connectivity index (χ2v) is 6.85. The lowest BCUT2D eigenvalue weighted by Crippen LogP contribution is -2.24. The summed E-state index contributed by atoms with van der Waals surface area (Å²) in [6.45, 7) is 5.00. The molecule has 0 atom stereocenters. The highest BCUT2D eigenvalue weighted by molar-refractivity contribution is 7.92. The fourth-order valence-corrected chi connectivity index (χ4v) is 2.58. The van der Waals surface area contributed by atoms with Crippen LogP contribution in [0.15, 0.2) is 29.6 Å². The topological polar surface area (TPSA) is 98.9 Å². The lowest BCUT2D eigenvalue weighted by atomic mass is 10.2. The molecule has 0 unspecified atom stereocenters. The Morgan fingerprint density at radius 3 is 2.74 bits per heavy atom. The molecule has 1 N–H and O–H groups in total. The van der Waals surface area contributed by atoms with Crippen LogP contribution in [-0.4, -0.2) is 34.0 Å². The van der Waals surface area contributed by atoms with Gasteiger partial charge in [0.25, 0.3) is 0 Å². The molecule has 1 heterocycles. The lowest BCUT2D eigenvalue weighted by molar-refractivity contribution is 0.600. The Labute approximate surface area is 136 Å². The quantitative estimate of drug-likeness (QED) is 0.779. The minimum atomic E-state index is -3.62. The fourth-order valence-electron chi connectivity index (χ4n) is 1.68. The Bertz CT molecular complexity index is 906. The molecule has 11 heteroatoms. The van der Waals surface area contributed by atoms with Gasteiger partial charge in [0.1, 0.15) is 5.69 Å². The van der Waals surface area contributed by atoms with Crippen molar-refractivity contribution in [2.24, 2.45) is 0 Å². The number of hydrogen-bond donors (Lipinski definition) is 1. The molecule has 0 aliphatic heterocycles. The molecule has 23 heavy (non-hydrogen) atoms. The van der Waals surface area contributed by atoms with Crippen LogP contribution in [0.5, 0.6) is 0 Å². The van der Waals surface area contributed by atoms with Gasteiger partial charge in [-0.1, -0.05) is 17.7 Å². The number of nitrogens with one attached hydrogen (secondary N) is 1. The second-order valence-electron chi connectivity index (χ2n) is 4.43. The Morgan fingerprint density at radius 1 is 1.43 bits per heavy atom. The van der Waals surface area contributed by atoms with Crippen LogP contribution >= 0.6 is 11.6 Å². The summed E-state index contributed by atoms with van der Waals surface area (Å²) in [7, 11) is -3.62. The van der Waals surface area contributed by atoms with Crippen molar-refractivity contribution in [1.29, 1.82) is 0 Å². The zero-order valence-corrected chi connectivity index (χ0v) is 13.6. The molecule has 0 radical (unpaired) electrons. The van der Waals surface area contributed by atoms with Gasteiger partial charge in [-0.25, -0.2) is 17.6 Å². The number of anilines is 1. The summed E-state index contributed by atoms with van der Waals surface area (Å²) in [6.07, 6.45) is 1.43. The van der Waals surface area contributed by atoms with Gasteiger partial charge in [-0.05, 0) is 29.5 Å². The molecule has 0 fully saturated rings. The first-order chi connectivity index (χ1) is 10.8. The van der Waals surface area contributed by atoms with Gasteiger partial charge in [-0.15, -0.1) is 6.58 Å². The number of hydrogen-bond acceptors (Lipinski definition) is 5. The zero-order valence-electron chi connectivity index (χ0n) is 12.0. The number of halogens is 2. The van der Waals surface area contributed by atoms with E-state index in [4.69, 9.17) is 11.6 Å². The van der Waals surface area contributed by atoms with Crippen LogP contribution in [-0.2, 0) is 16.6 Å². The summed E-state index contributed by atoms with van der Waals surface area (Å²) in [6, 6.07) is 1.97. The standard InChI is InChI=1S/C12H13ClFN5O3S/c1-3-5-18-12(20)19(17-16-18)11-7-10(8(13)6-9(11)14)15-23(21,22)4-2/h3,6-7,15H,1,4-5H2,2H3. The van der Waals surface area contributed by atoms with Gasteiger partial charge in [0.15, 0.2) is 5.82 Å². The molecule has 1 aromatic heterocycles. The highest BCUT2D eigenvalue weighted by atomic mass is 35.5. The largest absolute Gasteiger partial charge is 0.368 e. The van der Waals surface area contributed by atoms with Gasteiger partial charge in [-0.2, -0.15) is 9.36 Å². The Hall–Kier alpha value is -2.20. The monoisotopic (exact) mass is 361 g/mol. The highest BCUT2D eigenvalue weighted by Gasteiger charge is 2.17. The number of rotatable bonds is 6. The number of aromatic nitrogens is 4. The molecular weight excluding hydrogens is 349 g/mol. The van der Waals surface area contributed by atoms with E-state index in [0.29, 0.717) is 4.68 Å². The van der Waals surface area contributed by atoms with Crippen LogP contribution in [0.3, 0.4) is 0 Å². The highest BCUT2D eigenvalue weighted by Crippen LogP contribution is 2.27. The first-order valence-corrected chi connectivity index (χ1v) is 8.45. The van der Waals surface area contributed by atoms with E-state index in [9.17, 15) is 17.6 Å². The number of tetrazole rings is 1. The fraction of sp³-hybridized carbons (Fsp3) is 0.250. The van der Waals surface area contributed by atoms with Crippen LogP contribution in [0.1, 0.15) is 6.92 Å². The SMILES string of the molecule is C=CCn1nnn(-c2cc(NS(=O)(=O)CC)c(Cl)cc2F)c1=O. The van der Waals surface area contributed by atoms with E-state index in [1.165, 1.54) is 13.0 Å². The first-order valence-electron chi connectivity index (χ1n) is 6.42. The van der Waals surface area contributed by atoms with Gasteiger partial charge in [0.2, 0.25) is 10.0 Å². The Balaban J connectivity index is 2.56. The number of allylic oxidation sites excluding steroid dienone is 1. The molecule has 1 aromatic carbocycles. The summed E-state index contributed by atoms with van der Waals surface area (Å²) in [5.41, 5.74) is -1.03. The predicted octanol–water partition coefficient (Wildman–Crippen LogP) is 1.17. The molecule has 0 aliphatic carbocycles. The predicted molar refractivity (Wildman–Crippen MR) is 83.9 cm³/mol. The third-order valence-corrected chi connectivity index (χ3v) is 4.46. The van der Waals surface area contributed by atoms with Crippen molar-refractivity contribution in [2.45, 2.75) is 13.5 Å². The maximum absolute atomic E-state index is 14.1. The Kier molecular flexibility index (Phi) is 4.85. The average Bonchev–Trinajstić information content (AvgIpc) is 2.84. The molecule has 0 bridgehead atoms. The zero-order chi connectivity index (χ0) is 17.2. The molecular formula is C12H13ClFN5O3S. The van der Waals surface area contributed by atoms with E-state index >= 15 is 0 Å². The third kappa shape index (κ3) is 3.59. The summed E-state index contributed by atoms with van der Waals surface area (Å²) in [5.74, 6) is -1.03. The lowest BCUT2D eigenvalue weighted by Gasteiger charge is -2.10. The summed E-state index contributed by atoms with van der Waals surface area (Å²) in [5, 5.41) is 6.99. The van der Waals surface area contributed by atoms with E-state index in [1.54, 1.807) is 0 Å². The molecule has 0 aliphatic rings. The van der Waals surface area contributed by atoms with Gasteiger partial charge >= 0.3 is 5.69 Å². The van der Waals surface area contributed by atoms with Crippen molar-refractivity contribution in [2.75, 3.05) is 10.5 Å². The molecule has 0 saturated carbocycles. The van der Waals surface area contributed by atoms with Crippen molar-refractivity contribution in [3.63, 3.8) is 0 Å². The van der Waals surface area contributed by atoms with Gasteiger partial charge in [0, 0.05) is 0 Å². The van der Waals surface area contributed by atoms with E-state index in [0.717, 1.165) is 16.8 Å². The summed E-state index contributed by atoms with van der Waals surface area (Å²) >= 11 is 5.84. The van der Waals surface area contributed by atoms with Crippen molar-refractivity contribution < 1.29 is 12.8 Å². The van der Waals surface area contributed by atoms with Crippen molar-refractivity contribution in [1.82, 2.24) is 19.8 Å².